The van der Waals surface area contributed by atoms with Gasteiger partial charge in [-0.05, 0) is 58.0 Å². The van der Waals surface area contributed by atoms with Crippen molar-refractivity contribution in [1.29, 1.82) is 0 Å². The summed E-state index contributed by atoms with van der Waals surface area (Å²) in [4.78, 5) is 14.7. The Hall–Kier alpha value is -0.570. The molecule has 0 bridgehead atoms. The molecule has 21 heavy (non-hydrogen) atoms. The van der Waals surface area contributed by atoms with Gasteiger partial charge in [-0.1, -0.05) is 32.1 Å². The van der Waals surface area contributed by atoms with Crippen LogP contribution in [-0.4, -0.2) is 36.5 Å². The maximum atomic E-state index is 12.6. The van der Waals surface area contributed by atoms with Crippen molar-refractivity contribution in [2.45, 2.75) is 77.7 Å². The van der Waals surface area contributed by atoms with E-state index in [4.69, 9.17) is 0 Å². The number of hydrogen-bond donors (Lipinski definition) is 1. The highest BCUT2D eigenvalue weighted by Gasteiger charge is 2.23. The fourth-order valence-corrected chi connectivity index (χ4v) is 3.91. The minimum Gasteiger partial charge on any atom is -0.340 e. The molecule has 3 heteroatoms. The first-order chi connectivity index (χ1) is 10.2. The van der Waals surface area contributed by atoms with Gasteiger partial charge in [0.1, 0.15) is 0 Å². The third-order valence-electron chi connectivity index (χ3n) is 5.29. The van der Waals surface area contributed by atoms with E-state index >= 15 is 0 Å². The number of piperidine rings is 1. The first kappa shape index (κ1) is 16.8. The van der Waals surface area contributed by atoms with E-state index in [1.807, 2.05) is 0 Å². The van der Waals surface area contributed by atoms with Gasteiger partial charge in [-0.15, -0.1) is 0 Å². The Bertz CT molecular complexity index is 304. The van der Waals surface area contributed by atoms with E-state index in [0.29, 0.717) is 17.9 Å². The SMILES string of the molecule is CC(C)N(CC1CCCNC1)C(=O)CCC1CCCCC1. The van der Waals surface area contributed by atoms with Crippen LogP contribution >= 0.6 is 0 Å². The molecule has 1 heterocycles. The van der Waals surface area contributed by atoms with Gasteiger partial charge >= 0.3 is 0 Å². The van der Waals surface area contributed by atoms with Gasteiger partial charge in [-0.2, -0.15) is 0 Å². The zero-order valence-electron chi connectivity index (χ0n) is 14.1. The highest BCUT2D eigenvalue weighted by Crippen LogP contribution is 2.27. The number of nitrogens with zero attached hydrogens (tertiary/aromatic N) is 1. The van der Waals surface area contributed by atoms with E-state index in [-0.39, 0.29) is 0 Å². The van der Waals surface area contributed by atoms with Gasteiger partial charge in [0, 0.05) is 19.0 Å². The lowest BCUT2D eigenvalue weighted by Gasteiger charge is -2.33. The van der Waals surface area contributed by atoms with Crippen LogP contribution in [0.1, 0.15) is 71.6 Å². The quantitative estimate of drug-likeness (QED) is 0.812. The first-order valence-corrected chi connectivity index (χ1v) is 9.17. The molecular formula is C18H34N2O. The third-order valence-corrected chi connectivity index (χ3v) is 5.29. The normalized spacial score (nSPS) is 24.2. The van der Waals surface area contributed by atoms with Crippen LogP contribution in [0.4, 0.5) is 0 Å². The summed E-state index contributed by atoms with van der Waals surface area (Å²) < 4.78 is 0. The van der Waals surface area contributed by atoms with E-state index in [1.54, 1.807) is 0 Å². The van der Waals surface area contributed by atoms with Crippen LogP contribution in [0.3, 0.4) is 0 Å². The number of nitrogens with one attached hydrogen (secondary N) is 1. The number of carbonyl (C=O) groups is 1. The fraction of sp³-hybridized carbons (Fsp3) is 0.944. The van der Waals surface area contributed by atoms with Gasteiger partial charge in [0.05, 0.1) is 0 Å². The lowest BCUT2D eigenvalue weighted by molar-refractivity contribution is -0.134. The summed E-state index contributed by atoms with van der Waals surface area (Å²) in [5.41, 5.74) is 0. The maximum absolute atomic E-state index is 12.6. The summed E-state index contributed by atoms with van der Waals surface area (Å²) in [6.45, 7) is 7.50. The van der Waals surface area contributed by atoms with Crippen LogP contribution < -0.4 is 5.32 Å². The average Bonchev–Trinajstić information content (AvgIpc) is 2.52. The maximum Gasteiger partial charge on any atom is 0.222 e. The molecular weight excluding hydrogens is 260 g/mol. The van der Waals surface area contributed by atoms with Gasteiger partial charge in [0.25, 0.3) is 0 Å². The Balaban J connectivity index is 1.77. The van der Waals surface area contributed by atoms with Gasteiger partial charge in [0.2, 0.25) is 5.91 Å². The minimum absolute atomic E-state index is 0.339. The topological polar surface area (TPSA) is 32.3 Å². The zero-order chi connectivity index (χ0) is 15.1. The molecule has 122 valence electrons. The predicted octanol–water partition coefficient (Wildman–Crippen LogP) is 3.58. The summed E-state index contributed by atoms with van der Waals surface area (Å²) in [6.07, 6.45) is 11.3. The summed E-state index contributed by atoms with van der Waals surface area (Å²) in [7, 11) is 0. The van der Waals surface area contributed by atoms with E-state index in [1.165, 1.54) is 44.9 Å². The van der Waals surface area contributed by atoms with Crippen molar-refractivity contribution < 1.29 is 4.79 Å². The van der Waals surface area contributed by atoms with E-state index in [2.05, 4.69) is 24.1 Å². The number of amides is 1. The Morgan fingerprint density at radius 3 is 2.43 bits per heavy atom. The summed E-state index contributed by atoms with van der Waals surface area (Å²) in [6, 6.07) is 0.339. The van der Waals surface area contributed by atoms with E-state index in [9.17, 15) is 4.79 Å². The van der Waals surface area contributed by atoms with Crippen molar-refractivity contribution in [3.63, 3.8) is 0 Å². The molecule has 0 aromatic carbocycles. The molecule has 1 atom stereocenters. The largest absolute Gasteiger partial charge is 0.340 e. The molecule has 2 rings (SSSR count). The standard InChI is InChI=1S/C18H34N2O/c1-15(2)20(14-17-9-6-12-19-13-17)18(21)11-10-16-7-4-3-5-8-16/h15-17,19H,3-14H2,1-2H3. The van der Waals surface area contributed by atoms with Crippen molar-refractivity contribution in [2.24, 2.45) is 11.8 Å². The summed E-state index contributed by atoms with van der Waals surface area (Å²) in [5.74, 6) is 1.86. The van der Waals surface area contributed by atoms with Gasteiger partial charge in [-0.25, -0.2) is 0 Å². The molecule has 1 saturated heterocycles. The molecule has 3 nitrogen and oxygen atoms in total. The molecule has 2 aliphatic rings. The van der Waals surface area contributed by atoms with Crippen LogP contribution in [0.25, 0.3) is 0 Å². The number of rotatable bonds is 6. The second-order valence-electron chi connectivity index (χ2n) is 7.39. The van der Waals surface area contributed by atoms with E-state index in [0.717, 1.165) is 38.4 Å². The van der Waals surface area contributed by atoms with Gasteiger partial charge < -0.3 is 10.2 Å². The first-order valence-electron chi connectivity index (χ1n) is 9.17. The average molecular weight is 294 g/mol. The molecule has 1 saturated carbocycles. The second-order valence-corrected chi connectivity index (χ2v) is 7.39. The highest BCUT2D eigenvalue weighted by molar-refractivity contribution is 5.76. The van der Waals surface area contributed by atoms with Crippen molar-refractivity contribution in [2.75, 3.05) is 19.6 Å². The van der Waals surface area contributed by atoms with Crippen molar-refractivity contribution in [3.05, 3.63) is 0 Å². The van der Waals surface area contributed by atoms with Gasteiger partial charge in [0.15, 0.2) is 0 Å². The second kappa shape index (κ2) is 8.77. The smallest absolute Gasteiger partial charge is 0.222 e. The van der Waals surface area contributed by atoms with E-state index < -0.39 is 0 Å². The molecule has 0 spiro atoms. The fourth-order valence-electron chi connectivity index (χ4n) is 3.91. The Morgan fingerprint density at radius 2 is 1.81 bits per heavy atom. The molecule has 0 aromatic heterocycles. The van der Waals surface area contributed by atoms with Crippen LogP contribution in [0, 0.1) is 11.8 Å². The molecule has 0 radical (unpaired) electrons. The van der Waals surface area contributed by atoms with Crippen molar-refractivity contribution in [3.8, 4) is 0 Å². The van der Waals surface area contributed by atoms with Crippen molar-refractivity contribution >= 4 is 5.91 Å². The summed E-state index contributed by atoms with van der Waals surface area (Å²) >= 11 is 0. The Kier molecular flexibility index (Phi) is 7.01. The molecule has 1 aliphatic carbocycles. The third kappa shape index (κ3) is 5.61. The summed E-state index contributed by atoms with van der Waals surface area (Å²) in [5, 5.41) is 3.46. The number of hydrogen-bond acceptors (Lipinski definition) is 2. The molecule has 1 amide bonds. The van der Waals surface area contributed by atoms with Crippen LogP contribution in [0.5, 0.6) is 0 Å². The van der Waals surface area contributed by atoms with Crippen LogP contribution in [0.2, 0.25) is 0 Å². The predicted molar refractivity (Wildman–Crippen MR) is 88.3 cm³/mol. The molecule has 1 aliphatic heterocycles. The Labute approximate surface area is 130 Å². The molecule has 2 fully saturated rings. The molecule has 1 N–H and O–H groups in total. The molecule has 1 unspecified atom stereocenters. The van der Waals surface area contributed by atoms with Crippen molar-refractivity contribution in [1.82, 2.24) is 10.2 Å². The lowest BCUT2D eigenvalue weighted by Crippen LogP contribution is -2.44. The van der Waals surface area contributed by atoms with Gasteiger partial charge in [-0.3, -0.25) is 4.79 Å². The number of carbonyl (C=O) groups excluding carboxylic acids is 1. The minimum atomic E-state index is 0.339. The monoisotopic (exact) mass is 294 g/mol. The Morgan fingerprint density at radius 1 is 1.10 bits per heavy atom. The van der Waals surface area contributed by atoms with Crippen LogP contribution in [-0.2, 0) is 4.79 Å². The highest BCUT2D eigenvalue weighted by atomic mass is 16.2. The molecule has 0 aromatic rings. The zero-order valence-corrected chi connectivity index (χ0v) is 14.1. The van der Waals surface area contributed by atoms with Crippen LogP contribution in [0.15, 0.2) is 0 Å². The lowest BCUT2D eigenvalue weighted by atomic mass is 9.86.